The molecule has 2 aromatic rings. The van der Waals surface area contributed by atoms with Crippen molar-refractivity contribution in [3.8, 4) is 10.4 Å². The number of rotatable bonds is 4. The standard InChI is InChI=1S/C16H18N2O2S/c1-17-14-10-20-9-12(14)16(19)18-13-6-3-2-5-11(13)15-7-4-8-21-15/h2-8,12,14,17H,9-10H2,1H3,(H,18,19). The van der Waals surface area contributed by atoms with Crippen LogP contribution in [0.3, 0.4) is 0 Å². The number of nitrogens with one attached hydrogen (secondary N) is 2. The highest BCUT2D eigenvalue weighted by Crippen LogP contribution is 2.31. The molecule has 1 aromatic carbocycles. The van der Waals surface area contributed by atoms with Gasteiger partial charge in [0.05, 0.1) is 19.1 Å². The van der Waals surface area contributed by atoms with Crippen LogP contribution in [0.5, 0.6) is 0 Å². The molecule has 1 aliphatic rings. The first-order valence-corrected chi connectivity index (χ1v) is 7.86. The second kappa shape index (κ2) is 6.39. The summed E-state index contributed by atoms with van der Waals surface area (Å²) in [6.45, 7) is 1.06. The third-order valence-corrected chi connectivity index (χ3v) is 4.66. The number of hydrogen-bond donors (Lipinski definition) is 2. The average Bonchev–Trinajstić information content (AvgIpc) is 3.19. The fourth-order valence-corrected chi connectivity index (χ4v) is 3.33. The minimum atomic E-state index is -0.147. The van der Waals surface area contributed by atoms with E-state index in [9.17, 15) is 4.79 Å². The second-order valence-corrected chi connectivity index (χ2v) is 6.00. The molecule has 110 valence electrons. The molecule has 0 aliphatic carbocycles. The summed E-state index contributed by atoms with van der Waals surface area (Å²) in [5.41, 5.74) is 1.91. The van der Waals surface area contributed by atoms with Gasteiger partial charge in [-0.1, -0.05) is 24.3 Å². The van der Waals surface area contributed by atoms with Gasteiger partial charge in [0, 0.05) is 22.2 Å². The molecule has 2 unspecified atom stereocenters. The number of amides is 1. The highest BCUT2D eigenvalue weighted by atomic mass is 32.1. The zero-order chi connectivity index (χ0) is 14.7. The van der Waals surface area contributed by atoms with Gasteiger partial charge in [-0.25, -0.2) is 0 Å². The van der Waals surface area contributed by atoms with Crippen LogP contribution in [-0.4, -0.2) is 32.2 Å². The molecule has 1 fully saturated rings. The van der Waals surface area contributed by atoms with Crippen molar-refractivity contribution in [1.29, 1.82) is 0 Å². The van der Waals surface area contributed by atoms with E-state index in [2.05, 4.69) is 16.7 Å². The quantitative estimate of drug-likeness (QED) is 0.912. The molecule has 2 heterocycles. The number of hydrogen-bond acceptors (Lipinski definition) is 4. The Labute approximate surface area is 128 Å². The lowest BCUT2D eigenvalue weighted by Gasteiger charge is -2.17. The maximum absolute atomic E-state index is 12.5. The van der Waals surface area contributed by atoms with Gasteiger partial charge in [0.2, 0.25) is 5.91 Å². The summed E-state index contributed by atoms with van der Waals surface area (Å²) in [7, 11) is 1.86. The van der Waals surface area contributed by atoms with Crippen LogP contribution >= 0.6 is 11.3 Å². The first-order chi connectivity index (χ1) is 10.3. The van der Waals surface area contributed by atoms with Crippen LogP contribution in [0.15, 0.2) is 41.8 Å². The van der Waals surface area contributed by atoms with E-state index in [-0.39, 0.29) is 17.9 Å². The minimum absolute atomic E-state index is 0.0101. The van der Waals surface area contributed by atoms with E-state index in [1.54, 1.807) is 11.3 Å². The van der Waals surface area contributed by atoms with Crippen LogP contribution < -0.4 is 10.6 Å². The normalized spacial score (nSPS) is 21.4. The van der Waals surface area contributed by atoms with Gasteiger partial charge in [-0.2, -0.15) is 0 Å². The molecule has 0 radical (unpaired) electrons. The maximum Gasteiger partial charge on any atom is 0.231 e. The Balaban J connectivity index is 1.81. The van der Waals surface area contributed by atoms with E-state index >= 15 is 0 Å². The zero-order valence-electron chi connectivity index (χ0n) is 11.8. The van der Waals surface area contributed by atoms with E-state index in [1.165, 1.54) is 0 Å². The molecule has 1 amide bonds. The summed E-state index contributed by atoms with van der Waals surface area (Å²) < 4.78 is 5.40. The highest BCUT2D eigenvalue weighted by Gasteiger charge is 2.33. The van der Waals surface area contributed by atoms with E-state index in [1.807, 2.05) is 42.8 Å². The summed E-state index contributed by atoms with van der Waals surface area (Å²) in [6.07, 6.45) is 0. The van der Waals surface area contributed by atoms with Crippen molar-refractivity contribution in [1.82, 2.24) is 5.32 Å². The second-order valence-electron chi connectivity index (χ2n) is 5.05. The zero-order valence-corrected chi connectivity index (χ0v) is 12.7. The summed E-state index contributed by atoms with van der Waals surface area (Å²) in [5.74, 6) is -0.137. The number of carbonyl (C=O) groups is 1. The topological polar surface area (TPSA) is 50.4 Å². The Morgan fingerprint density at radius 2 is 2.10 bits per heavy atom. The predicted molar refractivity (Wildman–Crippen MR) is 85.5 cm³/mol. The van der Waals surface area contributed by atoms with Crippen LogP contribution in [0.4, 0.5) is 5.69 Å². The third kappa shape index (κ3) is 3.00. The number of benzene rings is 1. The molecule has 4 nitrogen and oxygen atoms in total. The van der Waals surface area contributed by atoms with Gasteiger partial charge in [0.25, 0.3) is 0 Å². The molecular weight excluding hydrogens is 284 g/mol. The lowest BCUT2D eigenvalue weighted by atomic mass is 10.0. The van der Waals surface area contributed by atoms with Gasteiger partial charge in [0.1, 0.15) is 0 Å². The molecule has 0 saturated carbocycles. The number of anilines is 1. The molecule has 3 rings (SSSR count). The SMILES string of the molecule is CNC1COCC1C(=O)Nc1ccccc1-c1cccs1. The first kappa shape index (κ1) is 14.3. The minimum Gasteiger partial charge on any atom is -0.379 e. The Hall–Kier alpha value is -1.69. The molecule has 1 aliphatic heterocycles. The average molecular weight is 302 g/mol. The molecule has 21 heavy (non-hydrogen) atoms. The van der Waals surface area contributed by atoms with E-state index in [0.717, 1.165) is 16.1 Å². The first-order valence-electron chi connectivity index (χ1n) is 6.98. The monoisotopic (exact) mass is 302 g/mol. The molecule has 5 heteroatoms. The van der Waals surface area contributed by atoms with E-state index in [0.29, 0.717) is 13.2 Å². The van der Waals surface area contributed by atoms with Gasteiger partial charge in [-0.3, -0.25) is 4.79 Å². The van der Waals surface area contributed by atoms with Gasteiger partial charge in [-0.05, 0) is 24.6 Å². The van der Waals surface area contributed by atoms with Crippen LogP contribution in [-0.2, 0) is 9.53 Å². The molecular formula is C16H18N2O2S. The maximum atomic E-state index is 12.5. The molecule has 2 atom stereocenters. The number of likely N-dealkylation sites (N-methyl/N-ethyl adjacent to an activating group) is 1. The lowest BCUT2D eigenvalue weighted by Crippen LogP contribution is -2.39. The van der Waals surface area contributed by atoms with Crippen molar-refractivity contribution in [2.75, 3.05) is 25.6 Å². The number of ether oxygens (including phenoxy) is 1. The van der Waals surface area contributed by atoms with Gasteiger partial charge < -0.3 is 15.4 Å². The molecule has 0 spiro atoms. The smallest absolute Gasteiger partial charge is 0.231 e. The highest BCUT2D eigenvalue weighted by molar-refractivity contribution is 7.13. The van der Waals surface area contributed by atoms with Gasteiger partial charge >= 0.3 is 0 Å². The third-order valence-electron chi connectivity index (χ3n) is 3.76. The number of carbonyl (C=O) groups excluding carboxylic acids is 1. The van der Waals surface area contributed by atoms with E-state index in [4.69, 9.17) is 4.74 Å². The Morgan fingerprint density at radius 3 is 2.86 bits per heavy atom. The Kier molecular flexibility index (Phi) is 4.34. The lowest BCUT2D eigenvalue weighted by molar-refractivity contribution is -0.120. The molecule has 0 bridgehead atoms. The summed E-state index contributed by atoms with van der Waals surface area (Å²) in [4.78, 5) is 13.6. The van der Waals surface area contributed by atoms with Crippen molar-refractivity contribution in [2.24, 2.45) is 5.92 Å². The number of para-hydroxylation sites is 1. The van der Waals surface area contributed by atoms with E-state index < -0.39 is 0 Å². The van der Waals surface area contributed by atoms with Gasteiger partial charge in [0.15, 0.2) is 0 Å². The van der Waals surface area contributed by atoms with Crippen molar-refractivity contribution >= 4 is 22.9 Å². The fourth-order valence-electron chi connectivity index (χ4n) is 2.56. The van der Waals surface area contributed by atoms with Crippen LogP contribution in [0.2, 0.25) is 0 Å². The van der Waals surface area contributed by atoms with Crippen molar-refractivity contribution in [2.45, 2.75) is 6.04 Å². The summed E-state index contributed by atoms with van der Waals surface area (Å²) in [5, 5.41) is 8.23. The van der Waals surface area contributed by atoms with Crippen molar-refractivity contribution in [3.05, 3.63) is 41.8 Å². The fraction of sp³-hybridized carbons (Fsp3) is 0.312. The van der Waals surface area contributed by atoms with Crippen LogP contribution in [0.25, 0.3) is 10.4 Å². The van der Waals surface area contributed by atoms with Crippen molar-refractivity contribution < 1.29 is 9.53 Å². The van der Waals surface area contributed by atoms with Crippen LogP contribution in [0, 0.1) is 5.92 Å². The summed E-state index contributed by atoms with van der Waals surface area (Å²) in [6, 6.07) is 12.1. The molecule has 1 aromatic heterocycles. The van der Waals surface area contributed by atoms with Gasteiger partial charge in [-0.15, -0.1) is 11.3 Å². The Bertz CT molecular complexity index is 612. The Morgan fingerprint density at radius 1 is 1.24 bits per heavy atom. The summed E-state index contributed by atoms with van der Waals surface area (Å²) >= 11 is 1.67. The largest absolute Gasteiger partial charge is 0.379 e. The molecule has 1 saturated heterocycles. The predicted octanol–water partition coefficient (Wildman–Crippen LogP) is 2.59. The number of thiophene rings is 1. The molecule has 2 N–H and O–H groups in total. The van der Waals surface area contributed by atoms with Crippen molar-refractivity contribution in [3.63, 3.8) is 0 Å². The van der Waals surface area contributed by atoms with Crippen LogP contribution in [0.1, 0.15) is 0 Å².